The summed E-state index contributed by atoms with van der Waals surface area (Å²) >= 11 is 0. The average molecular weight is 387 g/mol. The summed E-state index contributed by atoms with van der Waals surface area (Å²) in [5, 5.41) is 10.2. The quantitative estimate of drug-likeness (QED) is 0.735. The average Bonchev–Trinajstić information content (AvgIpc) is 2.52. The van der Waals surface area contributed by atoms with Gasteiger partial charge in [-0.15, -0.1) is 0 Å². The van der Waals surface area contributed by atoms with Gasteiger partial charge in [0, 0.05) is 12.1 Å². The Morgan fingerprint density at radius 2 is 1.64 bits per heavy atom. The number of aromatic nitrogens is 1. The molecule has 10 heteroatoms. The number of nitrogens with zero attached hydrogens (tertiary/aromatic N) is 1. The number of aromatic hydroxyl groups is 1. The SMILES string of the molecule is CCn1c(O)c(CS(=O)(=O)O)c(C)c(S(=O)(=O)c2ccccc2)c1=O. The molecule has 136 valence electrons. The van der Waals surface area contributed by atoms with Crippen molar-refractivity contribution in [3.63, 3.8) is 0 Å². The van der Waals surface area contributed by atoms with Crippen LogP contribution in [0.15, 0.2) is 44.9 Å². The monoisotopic (exact) mass is 387 g/mol. The Morgan fingerprint density at radius 3 is 2.12 bits per heavy atom. The van der Waals surface area contributed by atoms with Crippen LogP contribution in [0.25, 0.3) is 0 Å². The van der Waals surface area contributed by atoms with Gasteiger partial charge in [0.15, 0.2) is 5.88 Å². The van der Waals surface area contributed by atoms with Crippen LogP contribution in [0.5, 0.6) is 5.88 Å². The second-order valence-electron chi connectivity index (χ2n) is 5.35. The molecule has 2 rings (SSSR count). The molecule has 0 unspecified atom stereocenters. The second-order valence-corrected chi connectivity index (χ2v) is 8.69. The van der Waals surface area contributed by atoms with Gasteiger partial charge >= 0.3 is 0 Å². The molecule has 0 saturated heterocycles. The fourth-order valence-electron chi connectivity index (χ4n) is 2.53. The van der Waals surface area contributed by atoms with Crippen LogP contribution in [0.1, 0.15) is 18.1 Å². The molecule has 0 saturated carbocycles. The van der Waals surface area contributed by atoms with Gasteiger partial charge in [0.05, 0.1) is 4.90 Å². The van der Waals surface area contributed by atoms with Crippen molar-refractivity contribution in [3.8, 4) is 5.88 Å². The van der Waals surface area contributed by atoms with E-state index in [9.17, 15) is 26.7 Å². The fourth-order valence-corrected chi connectivity index (χ4v) is 4.86. The number of hydrogen-bond donors (Lipinski definition) is 2. The van der Waals surface area contributed by atoms with Crippen LogP contribution in [0, 0.1) is 6.92 Å². The largest absolute Gasteiger partial charge is 0.494 e. The van der Waals surface area contributed by atoms with Crippen molar-refractivity contribution in [1.29, 1.82) is 0 Å². The first-order valence-electron chi connectivity index (χ1n) is 7.21. The zero-order chi connectivity index (χ0) is 19.0. The van der Waals surface area contributed by atoms with Crippen LogP contribution in [0.3, 0.4) is 0 Å². The lowest BCUT2D eigenvalue weighted by molar-refractivity contribution is 0.400. The Hall–Kier alpha value is -2.17. The Labute approximate surface area is 145 Å². The van der Waals surface area contributed by atoms with Crippen molar-refractivity contribution in [1.82, 2.24) is 4.57 Å². The topological polar surface area (TPSA) is 131 Å². The molecule has 0 aliphatic rings. The van der Waals surface area contributed by atoms with E-state index in [-0.39, 0.29) is 22.6 Å². The van der Waals surface area contributed by atoms with E-state index < -0.39 is 42.0 Å². The molecule has 25 heavy (non-hydrogen) atoms. The highest BCUT2D eigenvalue weighted by Gasteiger charge is 2.30. The fraction of sp³-hybridized carbons (Fsp3) is 0.267. The highest BCUT2D eigenvalue weighted by molar-refractivity contribution is 7.91. The highest BCUT2D eigenvalue weighted by Crippen LogP contribution is 2.29. The summed E-state index contributed by atoms with van der Waals surface area (Å²) in [5.74, 6) is -1.70. The minimum atomic E-state index is -4.56. The molecule has 0 radical (unpaired) electrons. The lowest BCUT2D eigenvalue weighted by atomic mass is 10.1. The van der Waals surface area contributed by atoms with Crippen LogP contribution < -0.4 is 5.56 Å². The van der Waals surface area contributed by atoms with Crippen LogP contribution in [0.2, 0.25) is 0 Å². The second kappa shape index (κ2) is 6.62. The van der Waals surface area contributed by atoms with E-state index >= 15 is 0 Å². The van der Waals surface area contributed by atoms with Gasteiger partial charge in [0.25, 0.3) is 15.7 Å². The molecule has 1 aromatic carbocycles. The lowest BCUT2D eigenvalue weighted by Crippen LogP contribution is -2.29. The van der Waals surface area contributed by atoms with Crippen LogP contribution in [-0.4, -0.2) is 31.1 Å². The smallest absolute Gasteiger partial charge is 0.272 e. The van der Waals surface area contributed by atoms with Crippen LogP contribution in [-0.2, 0) is 32.3 Å². The zero-order valence-corrected chi connectivity index (χ0v) is 15.1. The van der Waals surface area contributed by atoms with E-state index in [1.54, 1.807) is 6.07 Å². The van der Waals surface area contributed by atoms with Crippen molar-refractivity contribution in [2.24, 2.45) is 0 Å². The maximum Gasteiger partial charge on any atom is 0.272 e. The number of pyridine rings is 1. The molecule has 2 aromatic rings. The third kappa shape index (κ3) is 3.60. The predicted molar refractivity (Wildman–Crippen MR) is 89.9 cm³/mol. The summed E-state index contributed by atoms with van der Waals surface area (Å²) in [6, 6.07) is 7.19. The molecule has 0 spiro atoms. The van der Waals surface area contributed by atoms with Crippen LogP contribution >= 0.6 is 0 Å². The summed E-state index contributed by atoms with van der Waals surface area (Å²) in [4.78, 5) is 11.8. The molecule has 0 amide bonds. The number of benzene rings is 1. The van der Waals surface area contributed by atoms with Crippen molar-refractivity contribution in [2.45, 2.75) is 35.9 Å². The van der Waals surface area contributed by atoms with Gasteiger partial charge in [-0.1, -0.05) is 18.2 Å². The number of sulfone groups is 1. The maximum absolute atomic E-state index is 12.9. The molecular formula is C15H17NO7S2. The van der Waals surface area contributed by atoms with Crippen molar-refractivity contribution >= 4 is 20.0 Å². The third-order valence-corrected chi connectivity index (χ3v) is 6.29. The van der Waals surface area contributed by atoms with Gasteiger partial charge in [0.2, 0.25) is 9.84 Å². The van der Waals surface area contributed by atoms with Gasteiger partial charge < -0.3 is 5.11 Å². The van der Waals surface area contributed by atoms with Gasteiger partial charge in [0.1, 0.15) is 10.6 Å². The van der Waals surface area contributed by atoms with E-state index in [2.05, 4.69) is 0 Å². The van der Waals surface area contributed by atoms with Gasteiger partial charge in [-0.25, -0.2) is 8.42 Å². The summed E-state index contributed by atoms with van der Waals surface area (Å²) in [6.45, 7) is 2.63. The van der Waals surface area contributed by atoms with Crippen LogP contribution in [0.4, 0.5) is 0 Å². The number of hydrogen-bond acceptors (Lipinski definition) is 6. The number of rotatable bonds is 5. The summed E-state index contributed by atoms with van der Waals surface area (Å²) in [6.07, 6.45) is 0. The van der Waals surface area contributed by atoms with E-state index in [0.717, 1.165) is 4.57 Å². The summed E-state index contributed by atoms with van der Waals surface area (Å²) in [5.41, 5.74) is -1.51. The summed E-state index contributed by atoms with van der Waals surface area (Å²) in [7, 11) is -8.81. The van der Waals surface area contributed by atoms with E-state index in [1.807, 2.05) is 0 Å². The van der Waals surface area contributed by atoms with E-state index in [1.165, 1.54) is 38.1 Å². The Bertz CT molecular complexity index is 1070. The standard InChI is InChI=1S/C15H17NO7S2/c1-3-16-14(17)12(9-24(19,20)21)10(2)13(15(16)18)25(22,23)11-7-5-4-6-8-11/h4-8,17H,3,9H2,1-2H3,(H,19,20,21). The molecule has 8 nitrogen and oxygen atoms in total. The van der Waals surface area contributed by atoms with Gasteiger partial charge in [-0.3, -0.25) is 13.9 Å². The summed E-state index contributed by atoms with van der Waals surface area (Å²) < 4.78 is 58.0. The van der Waals surface area contributed by atoms with Crippen molar-refractivity contribution in [3.05, 3.63) is 51.8 Å². The van der Waals surface area contributed by atoms with E-state index in [4.69, 9.17) is 4.55 Å². The molecule has 0 aliphatic carbocycles. The lowest BCUT2D eigenvalue weighted by Gasteiger charge is -2.17. The zero-order valence-electron chi connectivity index (χ0n) is 13.5. The van der Waals surface area contributed by atoms with Gasteiger partial charge in [-0.05, 0) is 31.5 Å². The molecular weight excluding hydrogens is 370 g/mol. The molecule has 0 atom stereocenters. The molecule has 0 bridgehead atoms. The minimum absolute atomic E-state index is 0.0826. The normalized spacial score (nSPS) is 12.3. The predicted octanol–water partition coefficient (Wildman–Crippen LogP) is 1.10. The van der Waals surface area contributed by atoms with Crippen molar-refractivity contribution < 1.29 is 26.5 Å². The van der Waals surface area contributed by atoms with Gasteiger partial charge in [-0.2, -0.15) is 8.42 Å². The minimum Gasteiger partial charge on any atom is -0.494 e. The third-order valence-electron chi connectivity index (χ3n) is 3.72. The van der Waals surface area contributed by atoms with E-state index in [0.29, 0.717) is 0 Å². The highest BCUT2D eigenvalue weighted by atomic mass is 32.2. The first kappa shape index (κ1) is 19.2. The molecule has 1 heterocycles. The molecule has 0 aliphatic heterocycles. The Kier molecular flexibility index (Phi) is 5.07. The Balaban J connectivity index is 2.92. The first-order valence-corrected chi connectivity index (χ1v) is 10.3. The molecule has 2 N–H and O–H groups in total. The maximum atomic E-state index is 12.9. The van der Waals surface area contributed by atoms with Crippen molar-refractivity contribution in [2.75, 3.05) is 0 Å². The Morgan fingerprint density at radius 1 is 1.08 bits per heavy atom. The first-order chi connectivity index (χ1) is 11.5. The molecule has 0 fully saturated rings. The molecule has 1 aromatic heterocycles.